The number of aliphatic hydroxyl groups is 1. The summed E-state index contributed by atoms with van der Waals surface area (Å²) in [6.45, 7) is 0. The minimum absolute atomic E-state index is 0.0150. The Morgan fingerprint density at radius 1 is 1.22 bits per heavy atom. The maximum atomic E-state index is 11.9. The van der Waals surface area contributed by atoms with E-state index in [4.69, 9.17) is 11.6 Å². The third kappa shape index (κ3) is 2.71. The van der Waals surface area contributed by atoms with Crippen LogP contribution in [-0.4, -0.2) is 16.8 Å². The summed E-state index contributed by atoms with van der Waals surface area (Å²) in [5, 5.41) is 12.6. The maximum absolute atomic E-state index is 11.9. The van der Waals surface area contributed by atoms with Crippen LogP contribution in [0.5, 0.6) is 0 Å². The highest BCUT2D eigenvalue weighted by Crippen LogP contribution is 2.18. The van der Waals surface area contributed by atoms with E-state index in [1.54, 1.807) is 24.3 Å². The Labute approximate surface area is 109 Å². The van der Waals surface area contributed by atoms with Crippen LogP contribution in [-0.2, 0) is 4.79 Å². The van der Waals surface area contributed by atoms with Crippen LogP contribution in [0.4, 0.5) is 0 Å². The minimum Gasteiger partial charge on any atom is -0.510 e. The Bertz CT molecular complexity index is 520. The van der Waals surface area contributed by atoms with E-state index in [0.717, 1.165) is 0 Å². The SMILES string of the molecule is O=C1CCCC(O)=C1NC(=O)c1ccc(Cl)cc1. The number of rotatable bonds is 2. The zero-order valence-electron chi connectivity index (χ0n) is 9.57. The molecule has 1 amide bonds. The lowest BCUT2D eigenvalue weighted by atomic mass is 10.0. The Balaban J connectivity index is 2.16. The summed E-state index contributed by atoms with van der Waals surface area (Å²) >= 11 is 5.72. The van der Waals surface area contributed by atoms with E-state index in [1.807, 2.05) is 0 Å². The Hall–Kier alpha value is -1.81. The van der Waals surface area contributed by atoms with E-state index < -0.39 is 5.91 Å². The quantitative estimate of drug-likeness (QED) is 0.864. The molecule has 0 heterocycles. The normalized spacial score (nSPS) is 15.7. The molecule has 94 valence electrons. The number of amides is 1. The molecule has 0 saturated heterocycles. The molecule has 0 fully saturated rings. The van der Waals surface area contributed by atoms with Gasteiger partial charge in [-0.25, -0.2) is 0 Å². The molecule has 0 aliphatic heterocycles. The molecule has 0 radical (unpaired) electrons. The van der Waals surface area contributed by atoms with E-state index in [-0.39, 0.29) is 17.2 Å². The second-order valence-electron chi connectivity index (χ2n) is 4.06. The fraction of sp³-hybridized carbons (Fsp3) is 0.231. The van der Waals surface area contributed by atoms with Crippen LogP contribution in [0.1, 0.15) is 29.6 Å². The van der Waals surface area contributed by atoms with Gasteiger partial charge >= 0.3 is 0 Å². The third-order valence-electron chi connectivity index (χ3n) is 2.73. The van der Waals surface area contributed by atoms with Gasteiger partial charge in [0.05, 0.1) is 0 Å². The molecule has 2 N–H and O–H groups in total. The van der Waals surface area contributed by atoms with Gasteiger partial charge < -0.3 is 10.4 Å². The van der Waals surface area contributed by atoms with Crippen molar-refractivity contribution in [2.75, 3.05) is 0 Å². The first-order chi connectivity index (χ1) is 8.58. The third-order valence-corrected chi connectivity index (χ3v) is 2.98. The summed E-state index contributed by atoms with van der Waals surface area (Å²) in [6, 6.07) is 6.30. The lowest BCUT2D eigenvalue weighted by molar-refractivity contribution is -0.116. The summed E-state index contributed by atoms with van der Waals surface area (Å²) in [5.74, 6) is -0.710. The molecule has 0 spiro atoms. The number of allylic oxidation sites excluding steroid dienone is 2. The van der Waals surface area contributed by atoms with E-state index >= 15 is 0 Å². The lowest BCUT2D eigenvalue weighted by Gasteiger charge is -2.15. The van der Waals surface area contributed by atoms with Crippen molar-refractivity contribution >= 4 is 23.3 Å². The highest BCUT2D eigenvalue weighted by atomic mass is 35.5. The van der Waals surface area contributed by atoms with Gasteiger partial charge in [0.15, 0.2) is 5.78 Å². The van der Waals surface area contributed by atoms with Crippen molar-refractivity contribution in [3.05, 3.63) is 46.3 Å². The lowest BCUT2D eigenvalue weighted by Crippen LogP contribution is -2.30. The van der Waals surface area contributed by atoms with Crippen LogP contribution in [0.15, 0.2) is 35.7 Å². The number of hydrogen-bond donors (Lipinski definition) is 2. The Morgan fingerprint density at radius 3 is 2.50 bits per heavy atom. The van der Waals surface area contributed by atoms with Crippen LogP contribution >= 0.6 is 11.6 Å². The second-order valence-corrected chi connectivity index (χ2v) is 4.50. The molecule has 4 nitrogen and oxygen atoms in total. The molecule has 2 rings (SSSR count). The van der Waals surface area contributed by atoms with Gasteiger partial charge in [-0.1, -0.05) is 11.6 Å². The molecule has 5 heteroatoms. The first kappa shape index (κ1) is 12.6. The largest absolute Gasteiger partial charge is 0.510 e. The summed E-state index contributed by atoms with van der Waals surface area (Å²) < 4.78 is 0. The minimum atomic E-state index is -0.427. The average Bonchev–Trinajstić information content (AvgIpc) is 2.34. The van der Waals surface area contributed by atoms with Crippen LogP contribution in [0.2, 0.25) is 5.02 Å². The van der Waals surface area contributed by atoms with E-state index in [1.165, 1.54) is 0 Å². The van der Waals surface area contributed by atoms with Crippen LogP contribution in [0.25, 0.3) is 0 Å². The molecule has 1 aliphatic rings. The molecule has 18 heavy (non-hydrogen) atoms. The van der Waals surface area contributed by atoms with Gasteiger partial charge in [-0.15, -0.1) is 0 Å². The molecule has 0 bridgehead atoms. The van der Waals surface area contributed by atoms with Gasteiger partial charge in [-0.3, -0.25) is 9.59 Å². The number of ketones is 1. The molecule has 1 aliphatic carbocycles. The monoisotopic (exact) mass is 265 g/mol. The van der Waals surface area contributed by atoms with Crippen molar-refractivity contribution in [1.29, 1.82) is 0 Å². The van der Waals surface area contributed by atoms with Gasteiger partial charge in [0, 0.05) is 23.4 Å². The van der Waals surface area contributed by atoms with Crippen LogP contribution < -0.4 is 5.32 Å². The Kier molecular flexibility index (Phi) is 3.67. The van der Waals surface area contributed by atoms with Gasteiger partial charge in [-0.05, 0) is 30.7 Å². The zero-order chi connectivity index (χ0) is 13.1. The number of hydrogen-bond acceptors (Lipinski definition) is 3. The number of halogens is 1. The fourth-order valence-electron chi connectivity index (χ4n) is 1.76. The van der Waals surface area contributed by atoms with Crippen LogP contribution in [0, 0.1) is 0 Å². The molecule has 1 aromatic carbocycles. The van der Waals surface area contributed by atoms with Crippen molar-refractivity contribution < 1.29 is 14.7 Å². The topological polar surface area (TPSA) is 66.4 Å². The maximum Gasteiger partial charge on any atom is 0.255 e. The predicted octanol–water partition coefficient (Wildman–Crippen LogP) is 2.59. The molecule has 0 aromatic heterocycles. The molecule has 0 unspecified atom stereocenters. The van der Waals surface area contributed by atoms with Crippen molar-refractivity contribution in [2.45, 2.75) is 19.3 Å². The van der Waals surface area contributed by atoms with E-state index in [0.29, 0.717) is 29.8 Å². The van der Waals surface area contributed by atoms with E-state index in [2.05, 4.69) is 5.32 Å². The molecular formula is C13H12ClNO3. The molecular weight excluding hydrogens is 254 g/mol. The van der Waals surface area contributed by atoms with E-state index in [9.17, 15) is 14.7 Å². The number of benzene rings is 1. The first-order valence-electron chi connectivity index (χ1n) is 5.60. The van der Waals surface area contributed by atoms with Gasteiger partial charge in [-0.2, -0.15) is 0 Å². The summed E-state index contributed by atoms with van der Waals surface area (Å²) in [5.41, 5.74) is 0.402. The van der Waals surface area contributed by atoms with Crippen molar-refractivity contribution in [3.63, 3.8) is 0 Å². The predicted molar refractivity (Wildman–Crippen MR) is 67.4 cm³/mol. The van der Waals surface area contributed by atoms with Gasteiger partial charge in [0.2, 0.25) is 0 Å². The van der Waals surface area contributed by atoms with Crippen molar-refractivity contribution in [3.8, 4) is 0 Å². The van der Waals surface area contributed by atoms with Gasteiger partial charge in [0.25, 0.3) is 5.91 Å². The number of carbonyl (C=O) groups is 2. The summed E-state index contributed by atoms with van der Waals surface area (Å²) in [7, 11) is 0. The second kappa shape index (κ2) is 5.23. The highest BCUT2D eigenvalue weighted by molar-refractivity contribution is 6.30. The zero-order valence-corrected chi connectivity index (χ0v) is 10.3. The van der Waals surface area contributed by atoms with Crippen LogP contribution in [0.3, 0.4) is 0 Å². The number of aliphatic hydroxyl groups excluding tert-OH is 1. The first-order valence-corrected chi connectivity index (χ1v) is 5.98. The standard InChI is InChI=1S/C13H12ClNO3/c14-9-6-4-8(5-7-9)13(18)15-12-10(16)2-1-3-11(12)17/h4-7,16H,1-3H2,(H,15,18). The fourth-order valence-corrected chi connectivity index (χ4v) is 1.88. The number of Topliss-reactive ketones (excluding diaryl/α,β-unsaturated/α-hetero) is 1. The number of nitrogens with one attached hydrogen (secondary N) is 1. The highest BCUT2D eigenvalue weighted by Gasteiger charge is 2.22. The number of carbonyl (C=O) groups excluding carboxylic acids is 2. The summed E-state index contributed by atoms with van der Waals surface area (Å²) in [6.07, 6.45) is 1.38. The molecule has 0 saturated carbocycles. The smallest absolute Gasteiger partial charge is 0.255 e. The summed E-state index contributed by atoms with van der Waals surface area (Å²) in [4.78, 5) is 23.4. The molecule has 0 atom stereocenters. The Morgan fingerprint density at radius 2 is 1.89 bits per heavy atom. The van der Waals surface area contributed by atoms with Crippen molar-refractivity contribution in [2.24, 2.45) is 0 Å². The van der Waals surface area contributed by atoms with Crippen molar-refractivity contribution in [1.82, 2.24) is 5.32 Å². The average molecular weight is 266 g/mol. The molecule has 1 aromatic rings. The van der Waals surface area contributed by atoms with Gasteiger partial charge in [0.1, 0.15) is 11.5 Å².